The third-order valence-electron chi connectivity index (χ3n) is 9.98. The van der Waals surface area contributed by atoms with Crippen molar-refractivity contribution >= 4 is 37.3 Å². The first-order valence-corrected chi connectivity index (χ1v) is 21.7. The van der Waals surface area contributed by atoms with Gasteiger partial charge in [0.05, 0.1) is 28.5 Å². The van der Waals surface area contributed by atoms with E-state index in [2.05, 4.69) is 180 Å². The number of rotatable bonds is 8. The van der Waals surface area contributed by atoms with Gasteiger partial charge in [0.15, 0.2) is 0 Å². The molecular weight excluding hydrogens is 733 g/mol. The van der Waals surface area contributed by atoms with Crippen LogP contribution in [0.15, 0.2) is 118 Å². The molecule has 1 atom stereocenters. The topological polar surface area (TPSA) is 37.6 Å². The zero-order valence-corrected chi connectivity index (χ0v) is 36.2. The molecule has 3 aromatic carbocycles. The van der Waals surface area contributed by atoms with E-state index in [0.717, 1.165) is 57.2 Å². The number of aliphatic imine (C=N–C) groups is 2. The fourth-order valence-electron chi connectivity index (χ4n) is 6.71. The van der Waals surface area contributed by atoms with Crippen LogP contribution in [-0.4, -0.2) is 16.4 Å². The van der Waals surface area contributed by atoms with E-state index < -0.39 is 0 Å². The van der Waals surface area contributed by atoms with E-state index in [0.29, 0.717) is 17.8 Å². The molecule has 0 fully saturated rings. The number of benzene rings is 3. The molecule has 1 aliphatic carbocycles. The molecule has 0 spiro atoms. The van der Waals surface area contributed by atoms with Crippen LogP contribution in [0.25, 0.3) is 22.3 Å². The summed E-state index contributed by atoms with van der Waals surface area (Å²) in [5.41, 5.74) is 14.3. The van der Waals surface area contributed by atoms with Gasteiger partial charge in [0.2, 0.25) is 0 Å². The van der Waals surface area contributed by atoms with Crippen molar-refractivity contribution in [3.8, 4) is 22.3 Å². The maximum absolute atomic E-state index is 5.41. The van der Waals surface area contributed by atoms with Crippen molar-refractivity contribution in [2.24, 2.45) is 27.7 Å². The molecule has 0 bridgehead atoms. The minimum atomic E-state index is 0.0845. The van der Waals surface area contributed by atoms with Gasteiger partial charge in [-0.25, -0.2) is 4.98 Å². The number of aromatic nitrogens is 1. The molecule has 282 valence electrons. The Kier molecular flexibility index (Phi) is 14.7. The van der Waals surface area contributed by atoms with E-state index in [4.69, 9.17) is 35.2 Å². The molecule has 0 N–H and O–H groups in total. The summed E-state index contributed by atoms with van der Waals surface area (Å²) in [6, 6.07) is 30.7. The molecule has 1 aliphatic rings. The Morgan fingerprint density at radius 1 is 0.679 bits per heavy atom. The first-order valence-electron chi connectivity index (χ1n) is 18.6. The van der Waals surface area contributed by atoms with Crippen LogP contribution in [0.5, 0.6) is 0 Å². The molecule has 0 amide bonds. The zero-order chi connectivity index (χ0) is 39.1. The van der Waals surface area contributed by atoms with Gasteiger partial charge in [0.1, 0.15) is 0 Å². The average Bonchev–Trinajstić information content (AvgIpc) is 3.11. The van der Waals surface area contributed by atoms with Gasteiger partial charge in [-0.1, -0.05) is 154 Å². The molecule has 53 heavy (non-hydrogen) atoms. The molecule has 0 saturated carbocycles. The van der Waals surface area contributed by atoms with Crippen LogP contribution in [0.2, 0.25) is 0 Å². The van der Waals surface area contributed by atoms with Crippen LogP contribution in [0, 0.1) is 17.8 Å². The second-order valence-electron chi connectivity index (χ2n) is 16.7. The van der Waals surface area contributed by atoms with Gasteiger partial charge in [0, 0.05) is 22.7 Å². The average molecular weight is 791 g/mol. The summed E-state index contributed by atoms with van der Waals surface area (Å²) in [4.78, 5) is 15.9. The molecule has 0 saturated heterocycles. The van der Waals surface area contributed by atoms with Crippen molar-refractivity contribution in [1.82, 2.24) is 4.98 Å². The van der Waals surface area contributed by atoms with Crippen LogP contribution in [0.4, 0.5) is 5.69 Å². The molecule has 0 radical (unpaired) electrons. The van der Waals surface area contributed by atoms with Gasteiger partial charge in [-0.3, -0.25) is 9.98 Å². The first kappa shape index (κ1) is 42.5. The molecule has 4 aromatic rings. The quantitative estimate of drug-likeness (QED) is 0.129. The number of pyridine rings is 1. The van der Waals surface area contributed by atoms with Gasteiger partial charge in [-0.2, -0.15) is 0 Å². The number of allylic oxidation sites excluding steroid dienone is 4. The summed E-state index contributed by atoms with van der Waals surface area (Å²) >= 11 is 0.194. The van der Waals surface area contributed by atoms with E-state index in [9.17, 15) is 0 Å². The molecule has 3 nitrogen and oxygen atoms in total. The van der Waals surface area contributed by atoms with Crippen LogP contribution >= 0.6 is 20.2 Å². The fourth-order valence-corrected chi connectivity index (χ4v) is 6.71. The van der Waals surface area contributed by atoms with E-state index >= 15 is 0 Å². The second-order valence-corrected chi connectivity index (χ2v) is 18.5. The van der Waals surface area contributed by atoms with Gasteiger partial charge in [-0.15, -0.1) is 0 Å². The van der Waals surface area contributed by atoms with Crippen molar-refractivity contribution in [2.45, 2.75) is 100 Å². The monoisotopic (exact) mass is 789 g/mol. The molecule has 1 aromatic heterocycles. The van der Waals surface area contributed by atoms with Gasteiger partial charge in [-0.05, 0) is 82.9 Å². The van der Waals surface area contributed by atoms with E-state index in [1.54, 1.807) is 0 Å². The maximum atomic E-state index is 5.41. The summed E-state index contributed by atoms with van der Waals surface area (Å²) in [5.74, 6) is 1.33. The third kappa shape index (κ3) is 10.9. The number of para-hydroxylation sites is 1. The van der Waals surface area contributed by atoms with Crippen molar-refractivity contribution in [3.63, 3.8) is 0 Å². The minimum absolute atomic E-state index is 0.0845. The molecule has 6 heteroatoms. The normalized spacial score (nSPS) is 15.7. The summed E-state index contributed by atoms with van der Waals surface area (Å²) in [7, 11) is 9.53. The Hall–Kier alpha value is -3.27. The summed E-state index contributed by atoms with van der Waals surface area (Å²) in [6.45, 7) is 26.8. The van der Waals surface area contributed by atoms with E-state index in [-0.39, 0.29) is 24.0 Å². The summed E-state index contributed by atoms with van der Waals surface area (Å²) in [5, 5.41) is 0. The number of halogens is 2. The number of hydrogen-bond donors (Lipinski definition) is 0. The Bertz CT molecular complexity index is 1890. The standard InChI is InChI=1S/C47H57N3.2ClH.Fe/c1-30(2)38-16-13-17-39(31(3)4)44(38)48-32(5)42-20-15-21-43(50-42)33(6)49-45-40(34-22-26-36(27-23-34)46(7,8)9)18-14-19-41(45)35-24-28-37(29-25-35)47(10,11)12;;;/h13-16,18-31,39H,17H2,1-12H3;2*1H;/q;;;+2/p-2. The third-order valence-corrected chi connectivity index (χ3v) is 9.98. The SMILES string of the molecule is CC(=NC1=C(C(C)C)C=CCC1C(C)C)c1cccc(C(C)=Nc2c(-c3ccc(C(C)(C)C)cc3)cccc2-c2ccc(C(C)(C)C)cc2)n1.[Cl][Fe][Cl]. The number of hydrogen-bond acceptors (Lipinski definition) is 3. The van der Waals surface area contributed by atoms with Gasteiger partial charge in [0.25, 0.3) is 0 Å². The molecular formula is C47H57Cl2FeN3. The molecule has 1 unspecified atom stereocenters. The summed E-state index contributed by atoms with van der Waals surface area (Å²) in [6.07, 6.45) is 5.62. The first-order chi connectivity index (χ1) is 25.0. The van der Waals surface area contributed by atoms with Crippen molar-refractivity contribution < 1.29 is 13.1 Å². The van der Waals surface area contributed by atoms with Crippen LogP contribution in [0.1, 0.15) is 112 Å². The molecule has 5 rings (SSSR count). The van der Waals surface area contributed by atoms with E-state index in [1.807, 2.05) is 0 Å². The van der Waals surface area contributed by atoms with Crippen molar-refractivity contribution in [3.05, 3.63) is 131 Å². The van der Waals surface area contributed by atoms with Crippen molar-refractivity contribution in [1.29, 1.82) is 0 Å². The van der Waals surface area contributed by atoms with Crippen LogP contribution < -0.4 is 0 Å². The number of nitrogens with zero attached hydrogens (tertiary/aromatic N) is 3. The van der Waals surface area contributed by atoms with Crippen LogP contribution in [0.3, 0.4) is 0 Å². The Morgan fingerprint density at radius 2 is 1.11 bits per heavy atom. The second kappa shape index (κ2) is 18.4. The van der Waals surface area contributed by atoms with Gasteiger partial charge >= 0.3 is 33.3 Å². The van der Waals surface area contributed by atoms with E-state index in [1.165, 1.54) is 22.4 Å². The Labute approximate surface area is 334 Å². The predicted octanol–water partition coefficient (Wildman–Crippen LogP) is 14.5. The Balaban J connectivity index is 0.00000202. The predicted molar refractivity (Wildman–Crippen MR) is 229 cm³/mol. The van der Waals surface area contributed by atoms with Crippen molar-refractivity contribution in [2.75, 3.05) is 0 Å². The van der Waals surface area contributed by atoms with Gasteiger partial charge < -0.3 is 0 Å². The fraction of sp³-hybridized carbons (Fsp3) is 0.383. The molecule has 0 aliphatic heterocycles. The van der Waals surface area contributed by atoms with Crippen LogP contribution in [-0.2, 0) is 24.0 Å². The molecule has 1 heterocycles. The Morgan fingerprint density at radius 3 is 1.53 bits per heavy atom. The summed E-state index contributed by atoms with van der Waals surface area (Å²) < 4.78 is 0. The zero-order valence-electron chi connectivity index (χ0n) is 33.6.